The van der Waals surface area contributed by atoms with E-state index in [1.807, 2.05) is 66.4 Å². The molecule has 0 spiro atoms. The van der Waals surface area contributed by atoms with Crippen LogP contribution in [0.1, 0.15) is 59.0 Å². The maximum Gasteiger partial charge on any atom is 0.261 e. The number of aryl methyl sites for hydroxylation is 1. The number of benzene rings is 3. The molecule has 0 aliphatic carbocycles. The molecule has 0 bridgehead atoms. The number of nitrogens with two attached hydrogens (primary N) is 2. The molecule has 0 saturated carbocycles. The summed E-state index contributed by atoms with van der Waals surface area (Å²) in [4.78, 5) is 34.8. The lowest BCUT2D eigenvalue weighted by atomic mass is 10.0. The average molecular weight is 546 g/mol. The Balaban J connectivity index is 1.91. The molecule has 4 rings (SSSR count). The maximum absolute atomic E-state index is 14.0. The van der Waals surface area contributed by atoms with Gasteiger partial charge in [0.05, 0.1) is 23.5 Å². The number of aromatic nitrogens is 2. The number of rotatable bonds is 12. The summed E-state index contributed by atoms with van der Waals surface area (Å²) in [6, 6.07) is 22.0. The number of unbranched alkanes of at least 4 members (excludes halogenated alkanes) is 1. The molecule has 0 fully saturated rings. The van der Waals surface area contributed by atoms with E-state index < -0.39 is 6.04 Å². The van der Waals surface area contributed by atoms with Crippen molar-refractivity contribution < 1.29 is 4.79 Å². The number of halogens is 1. The summed E-state index contributed by atoms with van der Waals surface area (Å²) in [5.41, 5.74) is 14.7. The van der Waals surface area contributed by atoms with Gasteiger partial charge in [0, 0.05) is 17.1 Å². The van der Waals surface area contributed by atoms with Crippen molar-refractivity contribution in [2.75, 3.05) is 19.6 Å². The summed E-state index contributed by atoms with van der Waals surface area (Å²) in [6.45, 7) is 3.73. The van der Waals surface area contributed by atoms with Crippen LogP contribution >= 0.6 is 11.6 Å². The molecule has 3 aromatic carbocycles. The van der Waals surface area contributed by atoms with Crippen LogP contribution in [0.15, 0.2) is 77.6 Å². The molecule has 1 unspecified atom stereocenters. The third kappa shape index (κ3) is 6.92. The van der Waals surface area contributed by atoms with Crippen LogP contribution in [0.5, 0.6) is 0 Å². The summed E-state index contributed by atoms with van der Waals surface area (Å²) in [5.74, 6) is 0.418. The fourth-order valence-electron chi connectivity index (χ4n) is 4.81. The van der Waals surface area contributed by atoms with Gasteiger partial charge in [0.15, 0.2) is 0 Å². The number of carbonyl (C=O) groups excluding carboxylic acids is 1. The summed E-state index contributed by atoms with van der Waals surface area (Å²) >= 11 is 6.31. The Bertz CT molecular complexity index is 1450. The molecular formula is C31H36ClN5O2. The van der Waals surface area contributed by atoms with E-state index in [-0.39, 0.29) is 11.5 Å². The Morgan fingerprint density at radius 2 is 1.69 bits per heavy atom. The zero-order chi connectivity index (χ0) is 27.8. The van der Waals surface area contributed by atoms with Crippen LogP contribution in [-0.2, 0) is 6.54 Å². The van der Waals surface area contributed by atoms with E-state index in [4.69, 9.17) is 28.1 Å². The van der Waals surface area contributed by atoms with Gasteiger partial charge in [-0.1, -0.05) is 59.6 Å². The maximum atomic E-state index is 14.0. The molecule has 1 aromatic heterocycles. The Labute approximate surface area is 234 Å². The quantitative estimate of drug-likeness (QED) is 0.242. The van der Waals surface area contributed by atoms with Crippen molar-refractivity contribution in [3.05, 3.63) is 111 Å². The van der Waals surface area contributed by atoms with Crippen molar-refractivity contribution in [1.82, 2.24) is 14.5 Å². The lowest BCUT2D eigenvalue weighted by molar-refractivity contribution is 0.0648. The fourth-order valence-corrected chi connectivity index (χ4v) is 4.98. The molecule has 0 radical (unpaired) electrons. The first-order valence-corrected chi connectivity index (χ1v) is 13.8. The highest BCUT2D eigenvalue weighted by Crippen LogP contribution is 2.29. The smallest absolute Gasteiger partial charge is 0.261 e. The minimum absolute atomic E-state index is 0.118. The second kappa shape index (κ2) is 13.5. The van der Waals surface area contributed by atoms with E-state index in [0.29, 0.717) is 66.3 Å². The van der Waals surface area contributed by atoms with Crippen molar-refractivity contribution in [3.8, 4) is 0 Å². The van der Waals surface area contributed by atoms with Gasteiger partial charge in [-0.05, 0) is 81.6 Å². The standard InChI is InChI=1S/C31H36ClN5O2/c1-22-11-13-24(14-12-22)30(38)36(19-7-18-34)28(10-5-6-17-33)29-35-27-20-25(32)15-16-26(27)31(39)37(29)21-23-8-3-2-4-9-23/h2-4,8-9,11-16,20,28H,5-7,10,17-19,21,33-34H2,1H3. The molecule has 39 heavy (non-hydrogen) atoms. The van der Waals surface area contributed by atoms with Crippen molar-refractivity contribution in [1.29, 1.82) is 0 Å². The lowest BCUT2D eigenvalue weighted by Crippen LogP contribution is -2.40. The van der Waals surface area contributed by atoms with Crippen molar-refractivity contribution in [3.63, 3.8) is 0 Å². The number of carbonyl (C=O) groups is 1. The van der Waals surface area contributed by atoms with Gasteiger partial charge in [-0.3, -0.25) is 14.2 Å². The molecule has 1 atom stereocenters. The predicted octanol–water partition coefficient (Wildman–Crippen LogP) is 5.07. The lowest BCUT2D eigenvalue weighted by Gasteiger charge is -2.33. The van der Waals surface area contributed by atoms with Crippen LogP contribution in [0.25, 0.3) is 10.9 Å². The van der Waals surface area contributed by atoms with Gasteiger partial charge >= 0.3 is 0 Å². The Hall–Kier alpha value is -3.52. The van der Waals surface area contributed by atoms with Crippen LogP contribution in [0, 0.1) is 6.92 Å². The Morgan fingerprint density at radius 3 is 2.38 bits per heavy atom. The van der Waals surface area contributed by atoms with E-state index in [9.17, 15) is 9.59 Å². The zero-order valence-electron chi connectivity index (χ0n) is 22.4. The summed E-state index contributed by atoms with van der Waals surface area (Å²) < 4.78 is 1.70. The van der Waals surface area contributed by atoms with Crippen molar-refractivity contribution in [2.24, 2.45) is 11.5 Å². The molecule has 4 N–H and O–H groups in total. The van der Waals surface area contributed by atoms with Gasteiger partial charge < -0.3 is 16.4 Å². The van der Waals surface area contributed by atoms with Crippen LogP contribution < -0.4 is 17.0 Å². The highest BCUT2D eigenvalue weighted by molar-refractivity contribution is 6.31. The third-order valence-electron chi connectivity index (χ3n) is 6.90. The fraction of sp³-hybridized carbons (Fsp3) is 0.323. The molecule has 0 saturated heterocycles. The van der Waals surface area contributed by atoms with Gasteiger partial charge in [0.2, 0.25) is 0 Å². The summed E-state index contributed by atoms with van der Waals surface area (Å²) in [6.07, 6.45) is 2.79. The highest BCUT2D eigenvalue weighted by Gasteiger charge is 2.30. The molecular weight excluding hydrogens is 510 g/mol. The first-order valence-electron chi connectivity index (χ1n) is 13.4. The van der Waals surface area contributed by atoms with E-state index in [2.05, 4.69) is 0 Å². The van der Waals surface area contributed by atoms with Gasteiger partial charge in [-0.15, -0.1) is 0 Å². The van der Waals surface area contributed by atoms with E-state index in [0.717, 1.165) is 24.0 Å². The highest BCUT2D eigenvalue weighted by atomic mass is 35.5. The van der Waals surface area contributed by atoms with Crippen LogP contribution in [0.4, 0.5) is 0 Å². The second-order valence-electron chi connectivity index (χ2n) is 9.82. The minimum atomic E-state index is -0.461. The van der Waals surface area contributed by atoms with E-state index in [1.54, 1.807) is 22.8 Å². The second-order valence-corrected chi connectivity index (χ2v) is 10.3. The van der Waals surface area contributed by atoms with E-state index >= 15 is 0 Å². The van der Waals surface area contributed by atoms with Crippen LogP contribution in [-0.4, -0.2) is 40.0 Å². The first kappa shape index (κ1) is 28.5. The molecule has 8 heteroatoms. The molecule has 0 aliphatic heterocycles. The van der Waals surface area contributed by atoms with Gasteiger partial charge in [0.1, 0.15) is 5.82 Å². The van der Waals surface area contributed by atoms with Crippen LogP contribution in [0.3, 0.4) is 0 Å². The molecule has 1 heterocycles. The van der Waals surface area contributed by atoms with Crippen LogP contribution in [0.2, 0.25) is 5.02 Å². The molecule has 1 amide bonds. The predicted molar refractivity (Wildman–Crippen MR) is 158 cm³/mol. The number of fused-ring (bicyclic) bond motifs is 1. The molecule has 7 nitrogen and oxygen atoms in total. The topological polar surface area (TPSA) is 107 Å². The summed E-state index contributed by atoms with van der Waals surface area (Å²) in [5, 5.41) is 0.981. The minimum Gasteiger partial charge on any atom is -0.330 e. The molecule has 0 aliphatic rings. The monoisotopic (exact) mass is 545 g/mol. The average Bonchev–Trinajstić information content (AvgIpc) is 2.94. The van der Waals surface area contributed by atoms with Gasteiger partial charge in [-0.25, -0.2) is 4.98 Å². The SMILES string of the molecule is Cc1ccc(C(=O)N(CCCN)C(CCCCN)c2nc3cc(Cl)ccc3c(=O)n2Cc2ccccc2)cc1. The van der Waals surface area contributed by atoms with E-state index in [1.165, 1.54) is 0 Å². The van der Waals surface area contributed by atoms with Gasteiger partial charge in [0.25, 0.3) is 11.5 Å². The first-order chi connectivity index (χ1) is 18.9. The number of amides is 1. The number of hydrogen-bond acceptors (Lipinski definition) is 5. The van der Waals surface area contributed by atoms with Gasteiger partial charge in [-0.2, -0.15) is 0 Å². The zero-order valence-corrected chi connectivity index (χ0v) is 23.1. The Morgan fingerprint density at radius 1 is 0.974 bits per heavy atom. The summed E-state index contributed by atoms with van der Waals surface area (Å²) in [7, 11) is 0. The molecule has 204 valence electrons. The largest absolute Gasteiger partial charge is 0.330 e. The van der Waals surface area contributed by atoms with Crippen molar-refractivity contribution in [2.45, 2.75) is 45.2 Å². The Kier molecular flexibility index (Phi) is 9.87. The normalized spacial score (nSPS) is 12.0. The molecule has 4 aromatic rings. The number of nitrogens with zero attached hydrogens (tertiary/aromatic N) is 3. The van der Waals surface area contributed by atoms with Crippen molar-refractivity contribution >= 4 is 28.4 Å². The third-order valence-corrected chi connectivity index (χ3v) is 7.13. The number of hydrogen-bond donors (Lipinski definition) is 2.